The van der Waals surface area contributed by atoms with Gasteiger partial charge in [-0.15, -0.1) is 0 Å². The molecule has 1 N–H and O–H groups in total. The average Bonchev–Trinajstić information content (AvgIpc) is 2.27. The Morgan fingerprint density at radius 2 is 1.74 bits per heavy atom. The van der Waals surface area contributed by atoms with Gasteiger partial charge in [0.15, 0.2) is 0 Å². The maximum Gasteiger partial charge on any atom is 0.471 e. The molecule has 0 heterocycles. The summed E-state index contributed by atoms with van der Waals surface area (Å²) in [6, 6.07) is 2.60. The predicted molar refractivity (Wildman–Crippen MR) is 53.0 cm³/mol. The van der Waals surface area contributed by atoms with E-state index in [-0.39, 0.29) is 5.56 Å². The molecule has 4 nitrogen and oxygen atoms in total. The molecule has 8 heteroatoms. The molecule has 1 atom stereocenters. The van der Waals surface area contributed by atoms with Gasteiger partial charge in [0.1, 0.15) is 5.82 Å². The zero-order valence-electron chi connectivity index (χ0n) is 9.33. The molecule has 104 valence electrons. The van der Waals surface area contributed by atoms with E-state index in [4.69, 9.17) is 0 Å². The number of halogens is 4. The predicted octanol–water partition coefficient (Wildman–Crippen LogP) is 0.685. The number of carboxylic acid groups (broad SMARTS) is 1. The fourth-order valence-electron chi connectivity index (χ4n) is 1.35. The molecule has 0 bridgehead atoms. The zero-order valence-corrected chi connectivity index (χ0v) is 9.33. The number of benzene rings is 1. The van der Waals surface area contributed by atoms with Gasteiger partial charge >= 0.3 is 12.1 Å². The van der Waals surface area contributed by atoms with Crippen molar-refractivity contribution in [2.24, 2.45) is 0 Å². The fraction of sp³-hybridized carbons (Fsp3) is 0.273. The van der Waals surface area contributed by atoms with Crippen molar-refractivity contribution < 1.29 is 32.3 Å². The molecule has 0 aromatic heterocycles. The lowest BCUT2D eigenvalue weighted by Gasteiger charge is -2.20. The van der Waals surface area contributed by atoms with E-state index < -0.39 is 36.3 Å². The third kappa shape index (κ3) is 4.57. The lowest BCUT2D eigenvalue weighted by molar-refractivity contribution is -0.306. The highest BCUT2D eigenvalue weighted by atomic mass is 19.4. The lowest BCUT2D eigenvalue weighted by atomic mass is 10.0. The summed E-state index contributed by atoms with van der Waals surface area (Å²) in [5.41, 5.74) is 0.0307. The number of aliphatic carboxylic acids is 1. The Hall–Kier alpha value is -2.12. The number of carboxylic acids is 1. The normalized spacial score (nSPS) is 12.8. The van der Waals surface area contributed by atoms with Crippen molar-refractivity contribution >= 4 is 11.9 Å². The summed E-state index contributed by atoms with van der Waals surface area (Å²) in [7, 11) is 0. The molecule has 1 amide bonds. The molecule has 0 aliphatic carbocycles. The summed E-state index contributed by atoms with van der Waals surface area (Å²) in [6.45, 7) is 0. The zero-order chi connectivity index (χ0) is 14.6. The van der Waals surface area contributed by atoms with Crippen molar-refractivity contribution in [1.29, 1.82) is 0 Å². The maximum atomic E-state index is 12.7. The van der Waals surface area contributed by atoms with Crippen molar-refractivity contribution in [3.05, 3.63) is 35.6 Å². The Morgan fingerprint density at radius 3 is 2.16 bits per heavy atom. The second-order valence-corrected chi connectivity index (χ2v) is 3.65. The van der Waals surface area contributed by atoms with Gasteiger partial charge in [-0.05, 0) is 17.7 Å². The SMILES string of the molecule is O=C([O-])C[C@@H](NC(=O)C(F)(F)F)c1ccc(F)cc1. The van der Waals surface area contributed by atoms with E-state index in [9.17, 15) is 32.3 Å². The lowest BCUT2D eigenvalue weighted by Crippen LogP contribution is -2.41. The highest BCUT2D eigenvalue weighted by Crippen LogP contribution is 2.21. The average molecular weight is 278 g/mol. The Bertz CT molecular complexity index is 470. The largest absolute Gasteiger partial charge is 0.550 e. The van der Waals surface area contributed by atoms with E-state index in [1.807, 2.05) is 0 Å². The molecule has 0 saturated carbocycles. The molecule has 0 unspecified atom stereocenters. The van der Waals surface area contributed by atoms with Gasteiger partial charge in [0, 0.05) is 12.4 Å². The second kappa shape index (κ2) is 5.68. The van der Waals surface area contributed by atoms with Crippen molar-refractivity contribution in [3.8, 4) is 0 Å². The molecule has 0 aliphatic heterocycles. The number of hydrogen-bond acceptors (Lipinski definition) is 3. The Morgan fingerprint density at radius 1 is 1.21 bits per heavy atom. The van der Waals surface area contributed by atoms with E-state index in [0.717, 1.165) is 24.3 Å². The maximum absolute atomic E-state index is 12.7. The first-order chi connectivity index (χ1) is 8.70. The van der Waals surface area contributed by atoms with Crippen LogP contribution in [0.2, 0.25) is 0 Å². The van der Waals surface area contributed by atoms with Crippen molar-refractivity contribution in [1.82, 2.24) is 5.32 Å². The van der Waals surface area contributed by atoms with Gasteiger partial charge in [0.05, 0.1) is 6.04 Å². The molecule has 0 radical (unpaired) electrons. The molecular weight excluding hydrogens is 270 g/mol. The van der Waals surface area contributed by atoms with E-state index >= 15 is 0 Å². The number of amides is 1. The smallest absolute Gasteiger partial charge is 0.471 e. The van der Waals surface area contributed by atoms with Gasteiger partial charge < -0.3 is 15.2 Å². The summed E-state index contributed by atoms with van der Waals surface area (Å²) in [6.07, 6.45) is -5.99. The Kier molecular flexibility index (Phi) is 4.47. The molecular formula is C11H8F4NO3-. The first kappa shape index (κ1) is 14.9. The van der Waals surface area contributed by atoms with Gasteiger partial charge in [-0.1, -0.05) is 12.1 Å². The van der Waals surface area contributed by atoms with Crippen LogP contribution < -0.4 is 10.4 Å². The standard InChI is InChI=1S/C11H9F4NO3/c12-7-3-1-6(2-4-7)8(5-9(17)18)16-10(19)11(13,14)15/h1-4,8H,5H2,(H,16,19)(H,17,18)/p-1/t8-/m1/s1. The van der Waals surface area contributed by atoms with Gasteiger partial charge in [-0.3, -0.25) is 4.79 Å². The Labute approximate surface area is 105 Å². The van der Waals surface area contributed by atoms with Crippen LogP contribution in [0.4, 0.5) is 17.6 Å². The quantitative estimate of drug-likeness (QED) is 0.824. The fourth-order valence-corrected chi connectivity index (χ4v) is 1.35. The van der Waals surface area contributed by atoms with Crippen LogP contribution in [0.15, 0.2) is 24.3 Å². The summed E-state index contributed by atoms with van der Waals surface area (Å²) in [4.78, 5) is 21.2. The van der Waals surface area contributed by atoms with Crippen LogP contribution in [0.3, 0.4) is 0 Å². The van der Waals surface area contributed by atoms with Crippen LogP contribution in [0.1, 0.15) is 18.0 Å². The highest BCUT2D eigenvalue weighted by Gasteiger charge is 2.39. The topological polar surface area (TPSA) is 69.2 Å². The van der Waals surface area contributed by atoms with Crippen LogP contribution in [0.5, 0.6) is 0 Å². The van der Waals surface area contributed by atoms with Crippen LogP contribution >= 0.6 is 0 Å². The van der Waals surface area contributed by atoms with E-state index in [1.54, 1.807) is 0 Å². The van der Waals surface area contributed by atoms with Crippen LogP contribution in [-0.4, -0.2) is 18.1 Å². The highest BCUT2D eigenvalue weighted by molar-refractivity contribution is 5.82. The van der Waals surface area contributed by atoms with Crippen molar-refractivity contribution in [2.75, 3.05) is 0 Å². The monoisotopic (exact) mass is 278 g/mol. The number of rotatable bonds is 4. The molecule has 1 aromatic carbocycles. The number of carbonyl (C=O) groups excluding carboxylic acids is 2. The van der Waals surface area contributed by atoms with E-state index in [2.05, 4.69) is 0 Å². The second-order valence-electron chi connectivity index (χ2n) is 3.65. The van der Waals surface area contributed by atoms with E-state index in [1.165, 1.54) is 5.32 Å². The number of alkyl halides is 3. The first-order valence-corrected chi connectivity index (χ1v) is 5.03. The molecule has 19 heavy (non-hydrogen) atoms. The third-order valence-corrected chi connectivity index (χ3v) is 2.21. The van der Waals surface area contributed by atoms with Crippen LogP contribution in [-0.2, 0) is 9.59 Å². The summed E-state index contributed by atoms with van der Waals surface area (Å²) >= 11 is 0. The number of hydrogen-bond donors (Lipinski definition) is 1. The minimum Gasteiger partial charge on any atom is -0.550 e. The molecule has 0 spiro atoms. The summed E-state index contributed by atoms with van der Waals surface area (Å²) in [5.74, 6) is -4.56. The molecule has 1 aromatic rings. The third-order valence-electron chi connectivity index (χ3n) is 2.21. The Balaban J connectivity index is 2.92. The summed E-state index contributed by atoms with van der Waals surface area (Å²) in [5, 5.41) is 12.0. The van der Waals surface area contributed by atoms with Crippen LogP contribution in [0, 0.1) is 5.82 Å². The molecule has 1 rings (SSSR count). The first-order valence-electron chi connectivity index (χ1n) is 5.03. The van der Waals surface area contributed by atoms with Gasteiger partial charge in [-0.2, -0.15) is 13.2 Å². The van der Waals surface area contributed by atoms with E-state index in [0.29, 0.717) is 0 Å². The molecule has 0 fully saturated rings. The minimum absolute atomic E-state index is 0.0307. The number of carbonyl (C=O) groups is 2. The minimum atomic E-state index is -5.13. The van der Waals surface area contributed by atoms with Gasteiger partial charge in [-0.25, -0.2) is 4.39 Å². The van der Waals surface area contributed by atoms with Crippen LogP contribution in [0.25, 0.3) is 0 Å². The summed E-state index contributed by atoms with van der Waals surface area (Å²) < 4.78 is 48.9. The number of nitrogens with one attached hydrogen (secondary N) is 1. The van der Waals surface area contributed by atoms with Crippen molar-refractivity contribution in [2.45, 2.75) is 18.6 Å². The molecule has 0 saturated heterocycles. The van der Waals surface area contributed by atoms with Gasteiger partial charge in [0.25, 0.3) is 0 Å². The van der Waals surface area contributed by atoms with Gasteiger partial charge in [0.2, 0.25) is 0 Å². The molecule has 0 aliphatic rings. The van der Waals surface area contributed by atoms with Crippen molar-refractivity contribution in [3.63, 3.8) is 0 Å².